The van der Waals surface area contributed by atoms with Crippen LogP contribution in [0.2, 0.25) is 0 Å². The largest absolute Gasteiger partial charge is 0.490 e. The number of morpholine rings is 1. The Morgan fingerprint density at radius 3 is 2.38 bits per heavy atom. The van der Waals surface area contributed by atoms with Crippen molar-refractivity contribution in [2.24, 2.45) is 0 Å². The summed E-state index contributed by atoms with van der Waals surface area (Å²) in [7, 11) is 0. The minimum absolute atomic E-state index is 0.167. The number of nitrogens with zero attached hydrogens (tertiary/aromatic N) is 1. The third-order valence-electron chi connectivity index (χ3n) is 4.51. The minimum Gasteiger partial charge on any atom is -0.490 e. The predicted molar refractivity (Wildman–Crippen MR) is 99.5 cm³/mol. The molecule has 1 N–H and O–H groups in total. The Bertz CT molecular complexity index is 770. The van der Waals surface area contributed by atoms with E-state index < -0.39 is 0 Å². The Labute approximate surface area is 152 Å². The van der Waals surface area contributed by atoms with Gasteiger partial charge in [0.2, 0.25) is 0 Å². The second-order valence-corrected chi connectivity index (χ2v) is 6.31. The fraction of sp³-hybridized carbons (Fsp3) is 0.350. The fourth-order valence-electron chi connectivity index (χ4n) is 3.08. The van der Waals surface area contributed by atoms with Crippen molar-refractivity contribution >= 4 is 17.3 Å². The van der Waals surface area contributed by atoms with Crippen LogP contribution in [0.5, 0.6) is 11.5 Å². The van der Waals surface area contributed by atoms with Crippen molar-refractivity contribution in [1.82, 2.24) is 0 Å². The lowest BCUT2D eigenvalue weighted by atomic mass is 10.1. The maximum absolute atomic E-state index is 12.5. The number of amides is 1. The van der Waals surface area contributed by atoms with E-state index in [0.717, 1.165) is 44.1 Å². The number of hydrogen-bond donors (Lipinski definition) is 1. The summed E-state index contributed by atoms with van der Waals surface area (Å²) >= 11 is 0. The van der Waals surface area contributed by atoms with Gasteiger partial charge >= 0.3 is 0 Å². The molecule has 0 aliphatic carbocycles. The van der Waals surface area contributed by atoms with Gasteiger partial charge in [-0.1, -0.05) is 0 Å². The number of fused-ring (bicyclic) bond motifs is 1. The van der Waals surface area contributed by atoms with E-state index >= 15 is 0 Å². The molecule has 0 bridgehead atoms. The maximum atomic E-state index is 12.5. The topological polar surface area (TPSA) is 60.0 Å². The molecule has 2 aliphatic rings. The van der Waals surface area contributed by atoms with Crippen LogP contribution in [0.4, 0.5) is 11.4 Å². The fourth-order valence-corrected chi connectivity index (χ4v) is 3.08. The molecular formula is C20H22N2O4. The van der Waals surface area contributed by atoms with Gasteiger partial charge in [0.05, 0.1) is 26.4 Å². The Hall–Kier alpha value is -2.73. The van der Waals surface area contributed by atoms with Gasteiger partial charge in [0.25, 0.3) is 5.91 Å². The van der Waals surface area contributed by atoms with Crippen LogP contribution in [0.15, 0.2) is 42.5 Å². The van der Waals surface area contributed by atoms with Crippen molar-refractivity contribution in [2.45, 2.75) is 6.42 Å². The van der Waals surface area contributed by atoms with Crippen LogP contribution in [0.3, 0.4) is 0 Å². The molecule has 0 unspecified atom stereocenters. The molecule has 4 rings (SSSR count). The lowest BCUT2D eigenvalue weighted by molar-refractivity contribution is 0.102. The molecule has 2 aliphatic heterocycles. The zero-order valence-corrected chi connectivity index (χ0v) is 14.6. The van der Waals surface area contributed by atoms with E-state index in [0.29, 0.717) is 30.3 Å². The maximum Gasteiger partial charge on any atom is 0.255 e. The van der Waals surface area contributed by atoms with E-state index in [-0.39, 0.29) is 5.91 Å². The lowest BCUT2D eigenvalue weighted by Crippen LogP contribution is -2.36. The number of ether oxygens (including phenoxy) is 3. The summed E-state index contributed by atoms with van der Waals surface area (Å²) in [6, 6.07) is 13.2. The van der Waals surface area contributed by atoms with Gasteiger partial charge < -0.3 is 24.4 Å². The highest BCUT2D eigenvalue weighted by atomic mass is 16.5. The van der Waals surface area contributed by atoms with E-state index in [4.69, 9.17) is 14.2 Å². The van der Waals surface area contributed by atoms with Crippen molar-refractivity contribution in [3.8, 4) is 11.5 Å². The van der Waals surface area contributed by atoms with E-state index in [2.05, 4.69) is 10.2 Å². The number of hydrogen-bond acceptors (Lipinski definition) is 5. The van der Waals surface area contributed by atoms with Crippen molar-refractivity contribution in [3.63, 3.8) is 0 Å². The first-order valence-electron chi connectivity index (χ1n) is 8.93. The summed E-state index contributed by atoms with van der Waals surface area (Å²) < 4.78 is 16.6. The molecule has 26 heavy (non-hydrogen) atoms. The van der Waals surface area contributed by atoms with Crippen LogP contribution in [0, 0.1) is 0 Å². The van der Waals surface area contributed by atoms with Crippen LogP contribution >= 0.6 is 0 Å². The van der Waals surface area contributed by atoms with E-state index in [1.807, 2.05) is 24.3 Å². The monoisotopic (exact) mass is 354 g/mol. The van der Waals surface area contributed by atoms with Gasteiger partial charge in [-0.05, 0) is 42.5 Å². The zero-order chi connectivity index (χ0) is 17.8. The number of nitrogens with one attached hydrogen (secondary N) is 1. The molecule has 1 amide bonds. The summed E-state index contributed by atoms with van der Waals surface area (Å²) in [5, 5.41) is 2.93. The summed E-state index contributed by atoms with van der Waals surface area (Å²) in [6.07, 6.45) is 0.839. The van der Waals surface area contributed by atoms with Gasteiger partial charge in [0.15, 0.2) is 11.5 Å². The summed E-state index contributed by atoms with van der Waals surface area (Å²) in [4.78, 5) is 14.8. The molecule has 0 radical (unpaired) electrons. The Kier molecular flexibility index (Phi) is 4.93. The van der Waals surface area contributed by atoms with Crippen molar-refractivity contribution in [2.75, 3.05) is 49.7 Å². The molecule has 2 aromatic rings. The minimum atomic E-state index is -0.167. The van der Waals surface area contributed by atoms with Crippen LogP contribution in [0.1, 0.15) is 16.8 Å². The first kappa shape index (κ1) is 16.7. The standard InChI is InChI=1S/C20H22N2O4/c23-20(15-2-7-18-19(14-15)26-11-1-10-25-18)21-16-3-5-17(6-4-16)22-8-12-24-13-9-22/h2-7,14H,1,8-13H2,(H,21,23). The highest BCUT2D eigenvalue weighted by Crippen LogP contribution is 2.30. The number of rotatable bonds is 3. The summed E-state index contributed by atoms with van der Waals surface area (Å²) in [6.45, 7) is 4.52. The molecule has 2 aromatic carbocycles. The van der Waals surface area contributed by atoms with E-state index in [1.165, 1.54) is 0 Å². The van der Waals surface area contributed by atoms with Gasteiger partial charge in [-0.3, -0.25) is 4.79 Å². The van der Waals surface area contributed by atoms with Crippen molar-refractivity contribution in [3.05, 3.63) is 48.0 Å². The molecule has 0 spiro atoms. The van der Waals surface area contributed by atoms with Crippen LogP contribution in [0.25, 0.3) is 0 Å². The second kappa shape index (κ2) is 7.66. The van der Waals surface area contributed by atoms with Crippen LogP contribution in [-0.2, 0) is 4.74 Å². The number of benzene rings is 2. The molecular weight excluding hydrogens is 332 g/mol. The SMILES string of the molecule is O=C(Nc1ccc(N2CCOCC2)cc1)c1ccc2c(c1)OCCCO2. The van der Waals surface area contributed by atoms with Gasteiger partial charge in [-0.15, -0.1) is 0 Å². The Morgan fingerprint density at radius 1 is 0.885 bits per heavy atom. The first-order valence-corrected chi connectivity index (χ1v) is 8.93. The predicted octanol–water partition coefficient (Wildman–Crippen LogP) is 2.94. The summed E-state index contributed by atoms with van der Waals surface area (Å²) in [5.41, 5.74) is 2.45. The highest BCUT2D eigenvalue weighted by molar-refractivity contribution is 6.04. The zero-order valence-electron chi connectivity index (χ0n) is 14.6. The number of anilines is 2. The lowest BCUT2D eigenvalue weighted by Gasteiger charge is -2.28. The van der Waals surface area contributed by atoms with Crippen LogP contribution in [-0.4, -0.2) is 45.4 Å². The first-order chi connectivity index (χ1) is 12.8. The van der Waals surface area contributed by atoms with Gasteiger partial charge in [-0.25, -0.2) is 0 Å². The third-order valence-corrected chi connectivity index (χ3v) is 4.51. The van der Waals surface area contributed by atoms with Crippen molar-refractivity contribution in [1.29, 1.82) is 0 Å². The Morgan fingerprint density at radius 2 is 1.62 bits per heavy atom. The van der Waals surface area contributed by atoms with Gasteiger partial charge in [0, 0.05) is 36.4 Å². The molecule has 0 aromatic heterocycles. The molecule has 6 heteroatoms. The normalized spacial score (nSPS) is 16.7. The average molecular weight is 354 g/mol. The molecule has 0 atom stereocenters. The van der Waals surface area contributed by atoms with E-state index in [9.17, 15) is 4.79 Å². The Balaban J connectivity index is 1.43. The number of carbonyl (C=O) groups excluding carboxylic acids is 1. The van der Waals surface area contributed by atoms with Gasteiger partial charge in [-0.2, -0.15) is 0 Å². The second-order valence-electron chi connectivity index (χ2n) is 6.31. The molecule has 2 heterocycles. The smallest absolute Gasteiger partial charge is 0.255 e. The number of carbonyl (C=O) groups is 1. The summed E-state index contributed by atoms with van der Waals surface area (Å²) in [5.74, 6) is 1.14. The molecule has 6 nitrogen and oxygen atoms in total. The van der Waals surface area contributed by atoms with E-state index in [1.54, 1.807) is 18.2 Å². The third kappa shape index (κ3) is 3.75. The average Bonchev–Trinajstić information content (AvgIpc) is 2.94. The van der Waals surface area contributed by atoms with Crippen LogP contribution < -0.4 is 19.7 Å². The quantitative estimate of drug-likeness (QED) is 0.918. The van der Waals surface area contributed by atoms with Crippen molar-refractivity contribution < 1.29 is 19.0 Å². The molecule has 0 saturated carbocycles. The molecule has 136 valence electrons. The molecule has 1 saturated heterocycles. The molecule has 1 fully saturated rings. The highest BCUT2D eigenvalue weighted by Gasteiger charge is 2.15. The van der Waals surface area contributed by atoms with Gasteiger partial charge in [0.1, 0.15) is 0 Å².